The fraction of sp³-hybridized carbons (Fsp3) is 0.533. The third-order valence-corrected chi connectivity index (χ3v) is 3.61. The highest BCUT2D eigenvalue weighted by Crippen LogP contribution is 2.18. The van der Waals surface area contributed by atoms with E-state index < -0.39 is 0 Å². The first-order valence-corrected chi connectivity index (χ1v) is 7.06. The summed E-state index contributed by atoms with van der Waals surface area (Å²) in [7, 11) is 0. The zero-order valence-corrected chi connectivity index (χ0v) is 11.6. The summed E-state index contributed by atoms with van der Waals surface area (Å²) in [5, 5.41) is 0. The number of benzene rings is 1. The standard InChI is InChI=1S/C15H23N3O/c1-2-4-15(19)18-9-7-17(8-10-18)14-6-3-5-13(11-14)12-16/h3,5-6,11H,2,4,7-10,12,16H2,1H3. The molecule has 0 unspecified atom stereocenters. The van der Waals surface area contributed by atoms with Gasteiger partial charge >= 0.3 is 0 Å². The second-order valence-corrected chi connectivity index (χ2v) is 4.99. The maximum absolute atomic E-state index is 11.8. The van der Waals surface area contributed by atoms with Gasteiger partial charge in [0.05, 0.1) is 0 Å². The third-order valence-electron chi connectivity index (χ3n) is 3.61. The lowest BCUT2D eigenvalue weighted by atomic mass is 10.1. The number of piperazine rings is 1. The highest BCUT2D eigenvalue weighted by atomic mass is 16.2. The van der Waals surface area contributed by atoms with Crippen LogP contribution >= 0.6 is 0 Å². The smallest absolute Gasteiger partial charge is 0.222 e. The first-order chi connectivity index (χ1) is 9.24. The monoisotopic (exact) mass is 261 g/mol. The Bertz CT molecular complexity index is 425. The lowest BCUT2D eigenvalue weighted by Crippen LogP contribution is -2.48. The van der Waals surface area contributed by atoms with Gasteiger partial charge in [0.15, 0.2) is 0 Å². The van der Waals surface area contributed by atoms with Crippen LogP contribution in [0, 0.1) is 0 Å². The van der Waals surface area contributed by atoms with Crippen molar-refractivity contribution >= 4 is 11.6 Å². The molecule has 1 aliphatic rings. The maximum Gasteiger partial charge on any atom is 0.222 e. The van der Waals surface area contributed by atoms with Gasteiger partial charge in [-0.05, 0) is 24.1 Å². The Morgan fingerprint density at radius 2 is 2.00 bits per heavy atom. The summed E-state index contributed by atoms with van der Waals surface area (Å²) in [6.45, 7) is 6.08. The van der Waals surface area contributed by atoms with Crippen LogP contribution in [0.25, 0.3) is 0 Å². The Kier molecular flexibility index (Phi) is 4.80. The zero-order chi connectivity index (χ0) is 13.7. The Hall–Kier alpha value is -1.55. The van der Waals surface area contributed by atoms with E-state index >= 15 is 0 Å². The molecule has 1 heterocycles. The molecule has 0 aromatic heterocycles. The molecule has 1 aromatic rings. The van der Waals surface area contributed by atoms with Crippen molar-refractivity contribution in [2.24, 2.45) is 5.73 Å². The predicted molar refractivity (Wildman–Crippen MR) is 78.0 cm³/mol. The molecule has 1 saturated heterocycles. The molecule has 0 saturated carbocycles. The van der Waals surface area contributed by atoms with Crippen molar-refractivity contribution in [1.29, 1.82) is 0 Å². The molecule has 0 radical (unpaired) electrons. The minimum Gasteiger partial charge on any atom is -0.368 e. The average Bonchev–Trinajstić information content (AvgIpc) is 2.48. The lowest BCUT2D eigenvalue weighted by molar-refractivity contribution is -0.131. The van der Waals surface area contributed by atoms with E-state index in [4.69, 9.17) is 5.73 Å². The number of rotatable bonds is 4. The van der Waals surface area contributed by atoms with Crippen molar-refractivity contribution in [3.05, 3.63) is 29.8 Å². The van der Waals surface area contributed by atoms with Crippen molar-refractivity contribution in [2.75, 3.05) is 31.1 Å². The van der Waals surface area contributed by atoms with E-state index in [1.165, 1.54) is 5.69 Å². The molecule has 2 N–H and O–H groups in total. The second kappa shape index (κ2) is 6.57. The van der Waals surface area contributed by atoms with Crippen LogP contribution in [0.5, 0.6) is 0 Å². The van der Waals surface area contributed by atoms with E-state index in [0.29, 0.717) is 13.0 Å². The fourth-order valence-corrected chi connectivity index (χ4v) is 2.47. The van der Waals surface area contributed by atoms with Crippen molar-refractivity contribution in [1.82, 2.24) is 4.90 Å². The normalized spacial score (nSPS) is 15.7. The number of anilines is 1. The summed E-state index contributed by atoms with van der Waals surface area (Å²) in [4.78, 5) is 16.1. The van der Waals surface area contributed by atoms with Gasteiger partial charge in [0.1, 0.15) is 0 Å². The van der Waals surface area contributed by atoms with Crippen LogP contribution in [0.15, 0.2) is 24.3 Å². The van der Waals surface area contributed by atoms with Gasteiger partial charge in [0, 0.05) is 44.8 Å². The average molecular weight is 261 g/mol. The molecule has 4 nitrogen and oxygen atoms in total. The number of hydrogen-bond acceptors (Lipinski definition) is 3. The number of nitrogens with two attached hydrogens (primary N) is 1. The summed E-state index contributed by atoms with van der Waals surface area (Å²) in [6.07, 6.45) is 1.60. The van der Waals surface area contributed by atoms with Crippen LogP contribution in [0.3, 0.4) is 0 Å². The summed E-state index contributed by atoms with van der Waals surface area (Å²) in [5.41, 5.74) is 8.04. The Labute approximate surface area is 115 Å². The van der Waals surface area contributed by atoms with Gasteiger partial charge in [-0.3, -0.25) is 4.79 Å². The number of carbonyl (C=O) groups is 1. The molecule has 4 heteroatoms. The molecule has 1 fully saturated rings. The zero-order valence-electron chi connectivity index (χ0n) is 11.6. The van der Waals surface area contributed by atoms with Gasteiger partial charge < -0.3 is 15.5 Å². The molecule has 104 valence electrons. The van der Waals surface area contributed by atoms with Crippen molar-refractivity contribution < 1.29 is 4.79 Å². The van der Waals surface area contributed by atoms with Crippen LogP contribution in [0.4, 0.5) is 5.69 Å². The topological polar surface area (TPSA) is 49.6 Å². The molecule has 0 aliphatic carbocycles. The van der Waals surface area contributed by atoms with E-state index in [9.17, 15) is 4.79 Å². The summed E-state index contributed by atoms with van der Waals surface area (Å²) in [5.74, 6) is 0.290. The Balaban J connectivity index is 1.94. The molecular formula is C15H23N3O. The highest BCUT2D eigenvalue weighted by molar-refractivity contribution is 5.76. The van der Waals surface area contributed by atoms with E-state index in [1.807, 2.05) is 24.0 Å². The SMILES string of the molecule is CCCC(=O)N1CCN(c2cccc(CN)c2)CC1. The van der Waals surface area contributed by atoms with Crippen LogP contribution in [0.2, 0.25) is 0 Å². The molecule has 0 spiro atoms. The number of nitrogens with zero attached hydrogens (tertiary/aromatic N) is 2. The summed E-state index contributed by atoms with van der Waals surface area (Å²) < 4.78 is 0. The second-order valence-electron chi connectivity index (χ2n) is 4.99. The molecule has 2 rings (SSSR count). The summed E-state index contributed by atoms with van der Waals surface area (Å²) in [6, 6.07) is 8.35. The molecule has 19 heavy (non-hydrogen) atoms. The van der Waals surface area contributed by atoms with Crippen LogP contribution in [-0.4, -0.2) is 37.0 Å². The minimum atomic E-state index is 0.290. The predicted octanol–water partition coefficient (Wildman–Crippen LogP) is 1.59. The van der Waals surface area contributed by atoms with Crippen LogP contribution in [0.1, 0.15) is 25.3 Å². The first kappa shape index (κ1) is 13.9. The number of carbonyl (C=O) groups excluding carboxylic acids is 1. The van der Waals surface area contributed by atoms with E-state index in [-0.39, 0.29) is 5.91 Å². The van der Waals surface area contributed by atoms with E-state index in [1.54, 1.807) is 0 Å². The van der Waals surface area contributed by atoms with Gasteiger partial charge in [-0.1, -0.05) is 19.1 Å². The number of amides is 1. The molecule has 1 amide bonds. The fourth-order valence-electron chi connectivity index (χ4n) is 2.47. The Morgan fingerprint density at radius 1 is 1.26 bits per heavy atom. The van der Waals surface area contributed by atoms with Crippen LogP contribution < -0.4 is 10.6 Å². The maximum atomic E-state index is 11.8. The molecule has 0 atom stereocenters. The van der Waals surface area contributed by atoms with E-state index in [2.05, 4.69) is 17.0 Å². The van der Waals surface area contributed by atoms with Crippen molar-refractivity contribution in [3.63, 3.8) is 0 Å². The third kappa shape index (κ3) is 3.47. The first-order valence-electron chi connectivity index (χ1n) is 7.06. The Morgan fingerprint density at radius 3 is 2.63 bits per heavy atom. The van der Waals surface area contributed by atoms with Gasteiger partial charge in [-0.2, -0.15) is 0 Å². The minimum absolute atomic E-state index is 0.290. The molecular weight excluding hydrogens is 238 g/mol. The number of hydrogen-bond donors (Lipinski definition) is 1. The van der Waals surface area contributed by atoms with Crippen LogP contribution in [-0.2, 0) is 11.3 Å². The lowest BCUT2D eigenvalue weighted by Gasteiger charge is -2.36. The largest absolute Gasteiger partial charge is 0.368 e. The van der Waals surface area contributed by atoms with Gasteiger partial charge in [0.25, 0.3) is 0 Å². The molecule has 1 aliphatic heterocycles. The molecule has 0 bridgehead atoms. The van der Waals surface area contributed by atoms with Crippen molar-refractivity contribution in [2.45, 2.75) is 26.3 Å². The van der Waals surface area contributed by atoms with Gasteiger partial charge in [0.2, 0.25) is 5.91 Å². The highest BCUT2D eigenvalue weighted by Gasteiger charge is 2.20. The quantitative estimate of drug-likeness (QED) is 0.895. The van der Waals surface area contributed by atoms with Gasteiger partial charge in [-0.25, -0.2) is 0 Å². The van der Waals surface area contributed by atoms with E-state index in [0.717, 1.165) is 38.2 Å². The van der Waals surface area contributed by atoms with Crippen molar-refractivity contribution in [3.8, 4) is 0 Å². The summed E-state index contributed by atoms with van der Waals surface area (Å²) >= 11 is 0. The van der Waals surface area contributed by atoms with Gasteiger partial charge in [-0.15, -0.1) is 0 Å². The molecule has 1 aromatic carbocycles.